The number of carbonyl (C=O) groups excluding carboxylic acids is 1. The molecular weight excluding hydrogens is 284 g/mol. The van der Waals surface area contributed by atoms with Crippen molar-refractivity contribution in [2.45, 2.75) is 43.7 Å². The summed E-state index contributed by atoms with van der Waals surface area (Å²) in [4.78, 5) is 16.2. The van der Waals surface area contributed by atoms with Crippen LogP contribution >= 0.6 is 11.8 Å². The van der Waals surface area contributed by atoms with E-state index >= 15 is 0 Å². The minimum absolute atomic E-state index is 0.000346. The fourth-order valence-electron chi connectivity index (χ4n) is 2.61. The van der Waals surface area contributed by atoms with Gasteiger partial charge in [-0.3, -0.25) is 9.36 Å². The molecule has 1 aliphatic rings. The standard InChI is InChI=1S/C16H18N2O2S/c1-10-6-11(2)8-13(7-10)18-5-4-17-16(18)21-14-9-12(3)20-15(14)19/h4-8,12,14H,9H2,1-3H3/t12-,14-/m0/s1. The third-order valence-corrected chi connectivity index (χ3v) is 4.65. The summed E-state index contributed by atoms with van der Waals surface area (Å²) in [7, 11) is 0. The summed E-state index contributed by atoms with van der Waals surface area (Å²) in [6.07, 6.45) is 4.44. The van der Waals surface area contributed by atoms with Crippen LogP contribution in [0.5, 0.6) is 0 Å². The molecule has 2 atom stereocenters. The normalized spacial score (nSPS) is 21.6. The Bertz CT molecular complexity index is 660. The van der Waals surface area contributed by atoms with E-state index < -0.39 is 0 Å². The topological polar surface area (TPSA) is 44.1 Å². The van der Waals surface area contributed by atoms with Crippen LogP contribution in [0, 0.1) is 13.8 Å². The Balaban J connectivity index is 1.89. The Morgan fingerprint density at radius 3 is 2.62 bits per heavy atom. The van der Waals surface area contributed by atoms with Gasteiger partial charge in [0.2, 0.25) is 0 Å². The molecule has 1 aromatic carbocycles. The number of carbonyl (C=O) groups is 1. The molecule has 2 heterocycles. The lowest BCUT2D eigenvalue weighted by Gasteiger charge is -2.11. The zero-order valence-electron chi connectivity index (χ0n) is 12.4. The smallest absolute Gasteiger partial charge is 0.319 e. The van der Waals surface area contributed by atoms with Crippen LogP contribution in [-0.2, 0) is 9.53 Å². The molecule has 0 unspecified atom stereocenters. The molecule has 5 heteroatoms. The van der Waals surface area contributed by atoms with Gasteiger partial charge in [-0.2, -0.15) is 0 Å². The van der Waals surface area contributed by atoms with Crippen LogP contribution in [-0.4, -0.2) is 26.9 Å². The fourth-order valence-corrected chi connectivity index (χ4v) is 3.78. The summed E-state index contributed by atoms with van der Waals surface area (Å²) < 4.78 is 7.24. The lowest BCUT2D eigenvalue weighted by Crippen LogP contribution is -2.11. The first kappa shape index (κ1) is 14.2. The van der Waals surface area contributed by atoms with Crippen molar-refractivity contribution in [1.29, 1.82) is 0 Å². The van der Waals surface area contributed by atoms with Gasteiger partial charge in [-0.15, -0.1) is 0 Å². The fraction of sp³-hybridized carbons (Fsp3) is 0.375. The van der Waals surface area contributed by atoms with Gasteiger partial charge < -0.3 is 4.74 Å². The van der Waals surface area contributed by atoms with Crippen molar-refractivity contribution >= 4 is 17.7 Å². The Morgan fingerprint density at radius 1 is 1.29 bits per heavy atom. The molecule has 0 N–H and O–H groups in total. The Morgan fingerprint density at radius 2 is 2.00 bits per heavy atom. The van der Waals surface area contributed by atoms with Crippen LogP contribution in [0.25, 0.3) is 5.69 Å². The minimum atomic E-state index is -0.160. The number of cyclic esters (lactones) is 1. The average Bonchev–Trinajstić information content (AvgIpc) is 2.96. The van der Waals surface area contributed by atoms with E-state index in [2.05, 4.69) is 37.0 Å². The van der Waals surface area contributed by atoms with Gasteiger partial charge in [0.1, 0.15) is 11.4 Å². The second-order valence-electron chi connectivity index (χ2n) is 5.52. The van der Waals surface area contributed by atoms with Crippen molar-refractivity contribution in [3.05, 3.63) is 41.7 Å². The van der Waals surface area contributed by atoms with Crippen LogP contribution in [0.3, 0.4) is 0 Å². The zero-order valence-corrected chi connectivity index (χ0v) is 13.2. The number of aryl methyl sites for hydroxylation is 2. The number of benzene rings is 1. The highest BCUT2D eigenvalue weighted by Gasteiger charge is 2.33. The van der Waals surface area contributed by atoms with Crippen LogP contribution in [0.2, 0.25) is 0 Å². The molecule has 0 saturated carbocycles. The molecule has 0 radical (unpaired) electrons. The van der Waals surface area contributed by atoms with Crippen LogP contribution in [0.1, 0.15) is 24.5 Å². The Kier molecular flexibility index (Phi) is 3.76. The van der Waals surface area contributed by atoms with Crippen LogP contribution in [0.4, 0.5) is 0 Å². The Hall–Kier alpha value is -1.75. The van der Waals surface area contributed by atoms with Crippen molar-refractivity contribution < 1.29 is 9.53 Å². The highest BCUT2D eigenvalue weighted by molar-refractivity contribution is 8.00. The van der Waals surface area contributed by atoms with Gasteiger partial charge >= 0.3 is 5.97 Å². The zero-order chi connectivity index (χ0) is 15.0. The van der Waals surface area contributed by atoms with E-state index in [9.17, 15) is 4.79 Å². The first-order valence-corrected chi connectivity index (χ1v) is 7.90. The van der Waals surface area contributed by atoms with E-state index in [1.54, 1.807) is 6.20 Å². The summed E-state index contributed by atoms with van der Waals surface area (Å²) in [6.45, 7) is 6.08. The predicted octanol–water partition coefficient (Wildman–Crippen LogP) is 3.29. The van der Waals surface area contributed by atoms with Crippen molar-refractivity contribution in [3.8, 4) is 5.69 Å². The number of imidazole rings is 1. The molecular formula is C16H18N2O2S. The minimum Gasteiger partial charge on any atom is -0.462 e. The SMILES string of the molecule is Cc1cc(C)cc(-n2ccnc2S[C@H]2C[C@H](C)OC2=O)c1. The number of hydrogen-bond acceptors (Lipinski definition) is 4. The van der Waals surface area contributed by atoms with E-state index in [-0.39, 0.29) is 17.3 Å². The summed E-state index contributed by atoms with van der Waals surface area (Å²) in [6, 6.07) is 6.38. The second-order valence-corrected chi connectivity index (χ2v) is 6.69. The van der Waals surface area contributed by atoms with Crippen molar-refractivity contribution in [1.82, 2.24) is 9.55 Å². The van der Waals surface area contributed by atoms with Gasteiger partial charge in [-0.1, -0.05) is 17.8 Å². The summed E-state index contributed by atoms with van der Waals surface area (Å²) in [5.41, 5.74) is 3.50. The van der Waals surface area contributed by atoms with Crippen molar-refractivity contribution in [2.75, 3.05) is 0 Å². The Labute approximate surface area is 128 Å². The lowest BCUT2D eigenvalue weighted by atomic mass is 10.1. The van der Waals surface area contributed by atoms with E-state index in [0.29, 0.717) is 0 Å². The number of esters is 1. The van der Waals surface area contributed by atoms with E-state index in [1.807, 2.05) is 17.7 Å². The maximum atomic E-state index is 11.8. The first-order chi connectivity index (χ1) is 10.0. The van der Waals surface area contributed by atoms with Gasteiger partial charge in [0.05, 0.1) is 0 Å². The van der Waals surface area contributed by atoms with E-state index in [1.165, 1.54) is 22.9 Å². The highest BCUT2D eigenvalue weighted by atomic mass is 32.2. The quantitative estimate of drug-likeness (QED) is 0.816. The lowest BCUT2D eigenvalue weighted by molar-refractivity contribution is -0.140. The van der Waals surface area contributed by atoms with Crippen LogP contribution in [0.15, 0.2) is 35.7 Å². The first-order valence-electron chi connectivity index (χ1n) is 7.02. The summed E-state index contributed by atoms with van der Waals surface area (Å²) >= 11 is 1.48. The predicted molar refractivity (Wildman–Crippen MR) is 82.9 cm³/mol. The number of thioether (sulfide) groups is 1. The molecule has 21 heavy (non-hydrogen) atoms. The molecule has 0 bridgehead atoms. The van der Waals surface area contributed by atoms with Crippen molar-refractivity contribution in [3.63, 3.8) is 0 Å². The molecule has 110 valence electrons. The van der Waals surface area contributed by atoms with Gasteiger partial charge in [-0.25, -0.2) is 4.98 Å². The molecule has 0 amide bonds. The molecule has 1 aliphatic heterocycles. The van der Waals surface area contributed by atoms with Gasteiger partial charge in [0.25, 0.3) is 0 Å². The molecule has 4 nitrogen and oxygen atoms in total. The number of ether oxygens (including phenoxy) is 1. The average molecular weight is 302 g/mol. The largest absolute Gasteiger partial charge is 0.462 e. The maximum absolute atomic E-state index is 11.8. The highest BCUT2D eigenvalue weighted by Crippen LogP contribution is 2.32. The van der Waals surface area contributed by atoms with Gasteiger partial charge in [0.15, 0.2) is 5.16 Å². The second kappa shape index (κ2) is 5.56. The third-order valence-electron chi connectivity index (χ3n) is 3.47. The molecule has 1 fully saturated rings. The van der Waals surface area contributed by atoms with E-state index in [0.717, 1.165) is 17.3 Å². The molecule has 1 saturated heterocycles. The molecule has 1 aromatic heterocycles. The summed E-state index contributed by atoms with van der Waals surface area (Å²) in [5, 5.41) is 0.670. The number of nitrogens with zero attached hydrogens (tertiary/aromatic N) is 2. The van der Waals surface area contributed by atoms with E-state index in [4.69, 9.17) is 4.74 Å². The number of aromatic nitrogens is 2. The maximum Gasteiger partial charge on any atom is 0.319 e. The molecule has 3 rings (SSSR count). The number of hydrogen-bond donors (Lipinski definition) is 0. The van der Waals surface area contributed by atoms with Crippen molar-refractivity contribution in [2.24, 2.45) is 0 Å². The monoisotopic (exact) mass is 302 g/mol. The third kappa shape index (κ3) is 2.97. The van der Waals surface area contributed by atoms with Crippen LogP contribution < -0.4 is 0 Å². The molecule has 2 aromatic rings. The molecule has 0 aliphatic carbocycles. The summed E-state index contributed by atoms with van der Waals surface area (Å²) in [5.74, 6) is -0.137. The molecule has 0 spiro atoms. The van der Waals surface area contributed by atoms with Gasteiger partial charge in [0, 0.05) is 24.5 Å². The van der Waals surface area contributed by atoms with Gasteiger partial charge in [-0.05, 0) is 44.0 Å². The number of rotatable bonds is 3.